The van der Waals surface area contributed by atoms with Gasteiger partial charge in [-0.3, -0.25) is 19.7 Å². The van der Waals surface area contributed by atoms with E-state index in [4.69, 9.17) is 0 Å². The summed E-state index contributed by atoms with van der Waals surface area (Å²) >= 11 is 0. The Morgan fingerprint density at radius 3 is 2.59 bits per heavy atom. The van der Waals surface area contributed by atoms with Crippen LogP contribution in [-0.2, 0) is 20.9 Å². The summed E-state index contributed by atoms with van der Waals surface area (Å²) in [6, 6.07) is 2.86. The zero-order valence-corrected chi connectivity index (χ0v) is 15.7. The van der Waals surface area contributed by atoms with Crippen molar-refractivity contribution in [3.63, 3.8) is 0 Å². The summed E-state index contributed by atoms with van der Waals surface area (Å²) in [5.41, 5.74) is 1.66. The molecular formula is C19H25FN4O3. The Balaban J connectivity index is 1.82. The molecule has 7 nitrogen and oxygen atoms in total. The number of amides is 3. The first kappa shape index (κ1) is 19.3. The number of imide groups is 1. The Bertz CT molecular complexity index is 747. The number of nitrogens with one attached hydrogen (secondary N) is 1. The highest BCUT2D eigenvalue weighted by Crippen LogP contribution is 2.28. The molecule has 2 saturated heterocycles. The van der Waals surface area contributed by atoms with E-state index >= 15 is 4.39 Å². The van der Waals surface area contributed by atoms with Crippen LogP contribution in [0.2, 0.25) is 0 Å². The molecule has 0 saturated carbocycles. The van der Waals surface area contributed by atoms with Crippen LogP contribution in [0.3, 0.4) is 0 Å². The third-order valence-electron chi connectivity index (χ3n) is 5.39. The molecule has 1 aromatic rings. The van der Waals surface area contributed by atoms with Gasteiger partial charge < -0.3 is 14.7 Å². The number of nitrogens with zero attached hydrogens (tertiary/aromatic N) is 3. The van der Waals surface area contributed by atoms with Crippen LogP contribution in [0.5, 0.6) is 0 Å². The molecule has 8 heteroatoms. The zero-order chi connectivity index (χ0) is 19.6. The van der Waals surface area contributed by atoms with Crippen molar-refractivity contribution in [3.8, 4) is 0 Å². The van der Waals surface area contributed by atoms with Crippen molar-refractivity contribution >= 4 is 23.9 Å². The molecule has 3 amide bonds. The van der Waals surface area contributed by atoms with Gasteiger partial charge >= 0.3 is 0 Å². The van der Waals surface area contributed by atoms with Crippen molar-refractivity contribution in [3.05, 3.63) is 29.1 Å². The lowest BCUT2D eigenvalue weighted by Crippen LogP contribution is -2.52. The van der Waals surface area contributed by atoms with Gasteiger partial charge in [0.05, 0.1) is 5.69 Å². The van der Waals surface area contributed by atoms with E-state index in [1.54, 1.807) is 13.0 Å². The molecule has 0 radical (unpaired) electrons. The van der Waals surface area contributed by atoms with Crippen molar-refractivity contribution in [2.75, 3.05) is 38.1 Å². The van der Waals surface area contributed by atoms with Gasteiger partial charge in [-0.2, -0.15) is 0 Å². The molecular weight excluding hydrogens is 351 g/mol. The van der Waals surface area contributed by atoms with Gasteiger partial charge in [0, 0.05) is 44.7 Å². The van der Waals surface area contributed by atoms with E-state index in [-0.39, 0.29) is 31.1 Å². The summed E-state index contributed by atoms with van der Waals surface area (Å²) < 4.78 is 15.3. The predicted molar refractivity (Wildman–Crippen MR) is 98.6 cm³/mol. The molecule has 0 spiro atoms. The topological polar surface area (TPSA) is 73.0 Å². The fourth-order valence-corrected chi connectivity index (χ4v) is 3.59. The van der Waals surface area contributed by atoms with Crippen LogP contribution in [0.25, 0.3) is 0 Å². The second-order valence-electron chi connectivity index (χ2n) is 7.23. The van der Waals surface area contributed by atoms with Gasteiger partial charge in [0.2, 0.25) is 18.2 Å². The van der Waals surface area contributed by atoms with Crippen LogP contribution in [-0.4, -0.2) is 67.3 Å². The number of rotatable bonds is 5. The van der Waals surface area contributed by atoms with Gasteiger partial charge in [-0.25, -0.2) is 4.39 Å². The summed E-state index contributed by atoms with van der Waals surface area (Å²) in [6.45, 7) is 4.98. The second kappa shape index (κ2) is 8.04. The van der Waals surface area contributed by atoms with Crippen LogP contribution in [0.15, 0.2) is 12.1 Å². The van der Waals surface area contributed by atoms with Crippen LogP contribution < -0.4 is 10.2 Å². The SMILES string of the molecule is Cc1ccc(N2CCN(C)CC2)c(F)c1CN(C=O)C1CCC(=O)NC1=O. The first-order chi connectivity index (χ1) is 12.9. The molecule has 1 N–H and O–H groups in total. The molecule has 0 aliphatic carbocycles. The predicted octanol–water partition coefficient (Wildman–Crippen LogP) is 0.650. The Morgan fingerprint density at radius 2 is 1.96 bits per heavy atom. The molecule has 0 bridgehead atoms. The van der Waals surface area contributed by atoms with Crippen LogP contribution >= 0.6 is 0 Å². The van der Waals surface area contributed by atoms with Gasteiger partial charge in [-0.1, -0.05) is 6.07 Å². The molecule has 2 heterocycles. The van der Waals surface area contributed by atoms with E-state index in [1.807, 2.05) is 18.0 Å². The van der Waals surface area contributed by atoms with Gasteiger partial charge in [0.1, 0.15) is 6.04 Å². The monoisotopic (exact) mass is 376 g/mol. The summed E-state index contributed by atoms with van der Waals surface area (Å²) in [5.74, 6) is -1.20. The summed E-state index contributed by atoms with van der Waals surface area (Å²) in [5, 5.41) is 2.24. The van der Waals surface area contributed by atoms with E-state index in [0.717, 1.165) is 31.7 Å². The van der Waals surface area contributed by atoms with Crippen LogP contribution in [0, 0.1) is 12.7 Å². The third kappa shape index (κ3) is 4.10. The van der Waals surface area contributed by atoms with E-state index in [0.29, 0.717) is 17.7 Å². The minimum Gasteiger partial charge on any atom is -0.367 e. The number of halogens is 1. The van der Waals surface area contributed by atoms with Gasteiger partial charge in [-0.15, -0.1) is 0 Å². The minimum absolute atomic E-state index is 0.00493. The normalized spacial score (nSPS) is 21.1. The maximum atomic E-state index is 15.3. The number of hydrogen-bond donors (Lipinski definition) is 1. The summed E-state index contributed by atoms with van der Waals surface area (Å²) in [7, 11) is 2.04. The Morgan fingerprint density at radius 1 is 1.26 bits per heavy atom. The smallest absolute Gasteiger partial charge is 0.249 e. The fraction of sp³-hybridized carbons (Fsp3) is 0.526. The lowest BCUT2D eigenvalue weighted by molar-refractivity contribution is -0.141. The average Bonchev–Trinajstić information content (AvgIpc) is 2.64. The van der Waals surface area contributed by atoms with Gasteiger partial charge in [0.25, 0.3) is 0 Å². The highest BCUT2D eigenvalue weighted by atomic mass is 19.1. The standard InChI is InChI=1S/C19H25FN4O3/c1-13-3-4-15(23-9-7-22(2)8-10-23)18(20)14(13)11-24(12-25)16-5-6-17(26)21-19(16)27/h3-4,12,16H,5-11H2,1-2H3,(H,21,26,27). The maximum Gasteiger partial charge on any atom is 0.249 e. The first-order valence-electron chi connectivity index (χ1n) is 9.17. The molecule has 2 aliphatic rings. The van der Waals surface area contributed by atoms with E-state index in [1.165, 1.54) is 4.90 Å². The summed E-state index contributed by atoms with van der Waals surface area (Å²) in [4.78, 5) is 40.5. The summed E-state index contributed by atoms with van der Waals surface area (Å²) in [6.07, 6.45) is 0.979. The molecule has 27 heavy (non-hydrogen) atoms. The van der Waals surface area contributed by atoms with Crippen LogP contribution in [0.4, 0.5) is 10.1 Å². The molecule has 3 rings (SSSR count). The second-order valence-corrected chi connectivity index (χ2v) is 7.23. The Hall–Kier alpha value is -2.48. The molecule has 1 atom stereocenters. The van der Waals surface area contributed by atoms with Crippen LogP contribution in [0.1, 0.15) is 24.0 Å². The number of aryl methyl sites for hydroxylation is 1. The van der Waals surface area contributed by atoms with Gasteiger partial charge in [-0.05, 0) is 32.0 Å². The molecule has 1 aromatic carbocycles. The highest BCUT2D eigenvalue weighted by Gasteiger charge is 2.32. The number of piperazine rings is 1. The number of carbonyl (C=O) groups excluding carboxylic acids is 3. The zero-order valence-electron chi connectivity index (χ0n) is 15.7. The van der Waals surface area contributed by atoms with E-state index in [9.17, 15) is 14.4 Å². The third-order valence-corrected chi connectivity index (χ3v) is 5.39. The van der Waals surface area contributed by atoms with Crippen molar-refractivity contribution in [1.82, 2.24) is 15.1 Å². The van der Waals surface area contributed by atoms with E-state index < -0.39 is 11.9 Å². The lowest BCUT2D eigenvalue weighted by Gasteiger charge is -2.35. The van der Waals surface area contributed by atoms with E-state index in [2.05, 4.69) is 10.2 Å². The minimum atomic E-state index is -0.758. The molecule has 0 aromatic heterocycles. The van der Waals surface area contributed by atoms with Crippen molar-refractivity contribution in [2.45, 2.75) is 32.4 Å². The molecule has 2 aliphatic heterocycles. The van der Waals surface area contributed by atoms with Crippen molar-refractivity contribution < 1.29 is 18.8 Å². The number of anilines is 1. The van der Waals surface area contributed by atoms with Crippen molar-refractivity contribution in [1.29, 1.82) is 0 Å². The largest absolute Gasteiger partial charge is 0.367 e. The quantitative estimate of drug-likeness (QED) is 0.603. The number of piperidine rings is 1. The fourth-order valence-electron chi connectivity index (χ4n) is 3.59. The number of carbonyl (C=O) groups is 3. The lowest BCUT2D eigenvalue weighted by atomic mass is 10.0. The maximum absolute atomic E-state index is 15.3. The first-order valence-corrected chi connectivity index (χ1v) is 9.17. The highest BCUT2D eigenvalue weighted by molar-refractivity contribution is 6.00. The molecule has 146 valence electrons. The van der Waals surface area contributed by atoms with Gasteiger partial charge in [0.15, 0.2) is 5.82 Å². The number of hydrogen-bond acceptors (Lipinski definition) is 5. The Labute approximate surface area is 158 Å². The van der Waals surface area contributed by atoms with Crippen molar-refractivity contribution in [2.24, 2.45) is 0 Å². The molecule has 1 unspecified atom stereocenters. The number of likely N-dealkylation sites (N-methyl/N-ethyl adjacent to an activating group) is 1. The number of benzene rings is 1. The molecule has 2 fully saturated rings. The Kier molecular flexibility index (Phi) is 5.74. The average molecular weight is 376 g/mol.